The minimum Gasteiger partial charge on any atom is -0.398 e. The van der Waals surface area contributed by atoms with Crippen LogP contribution in [0.2, 0.25) is 0 Å². The zero-order valence-corrected chi connectivity index (χ0v) is 11.5. The Morgan fingerprint density at radius 1 is 1.32 bits per heavy atom. The summed E-state index contributed by atoms with van der Waals surface area (Å²) in [5.74, 6) is -1.41. The number of piperidine rings is 1. The second-order valence-electron chi connectivity index (χ2n) is 4.42. The van der Waals surface area contributed by atoms with Crippen molar-refractivity contribution in [1.29, 1.82) is 0 Å². The summed E-state index contributed by atoms with van der Waals surface area (Å²) in [6.45, 7) is -0.214. The Balaban J connectivity index is 2.09. The van der Waals surface area contributed by atoms with Gasteiger partial charge in [-0.25, -0.2) is 8.42 Å². The zero-order valence-electron chi connectivity index (χ0n) is 9.85. The summed E-state index contributed by atoms with van der Waals surface area (Å²) in [6, 6.07) is 1.33. The number of sulfonamides is 1. The summed E-state index contributed by atoms with van der Waals surface area (Å²) in [5.41, 5.74) is 5.80. The first kappa shape index (κ1) is 14.6. The van der Waals surface area contributed by atoms with Gasteiger partial charge in [0, 0.05) is 24.2 Å². The number of nitrogens with zero attached hydrogens (tertiary/aromatic N) is 1. The highest BCUT2D eigenvalue weighted by molar-refractivity contribution is 7.91. The highest BCUT2D eigenvalue weighted by Crippen LogP contribution is 2.36. The summed E-state index contributed by atoms with van der Waals surface area (Å²) in [4.78, 5) is 0. The van der Waals surface area contributed by atoms with Crippen LogP contribution in [0.4, 0.5) is 18.9 Å². The monoisotopic (exact) mass is 314 g/mol. The maximum absolute atomic E-state index is 12.5. The van der Waals surface area contributed by atoms with Crippen LogP contribution in [-0.2, 0) is 10.0 Å². The number of nitrogens with two attached hydrogens (primary N) is 1. The fourth-order valence-electron chi connectivity index (χ4n) is 2.02. The minimum absolute atomic E-state index is 0.0791. The molecular formula is C10H13F3N2O2S2. The maximum atomic E-state index is 12.5. The Morgan fingerprint density at radius 2 is 1.89 bits per heavy atom. The van der Waals surface area contributed by atoms with Crippen LogP contribution in [0.25, 0.3) is 0 Å². The third kappa shape index (κ3) is 3.03. The van der Waals surface area contributed by atoms with Crippen molar-refractivity contribution in [3.63, 3.8) is 0 Å². The molecule has 19 heavy (non-hydrogen) atoms. The van der Waals surface area contributed by atoms with Crippen LogP contribution in [0.5, 0.6) is 0 Å². The van der Waals surface area contributed by atoms with E-state index in [0.29, 0.717) is 5.69 Å². The third-order valence-electron chi connectivity index (χ3n) is 3.11. The first-order valence-corrected chi connectivity index (χ1v) is 7.94. The molecule has 1 saturated heterocycles. The molecule has 2 rings (SSSR count). The lowest BCUT2D eigenvalue weighted by atomic mass is 9.98. The van der Waals surface area contributed by atoms with Gasteiger partial charge in [0.05, 0.1) is 5.92 Å². The number of alkyl halides is 3. The average Bonchev–Trinajstić information content (AvgIpc) is 2.76. The molecule has 2 N–H and O–H groups in total. The van der Waals surface area contributed by atoms with Gasteiger partial charge in [-0.15, -0.1) is 11.3 Å². The van der Waals surface area contributed by atoms with Gasteiger partial charge in [-0.3, -0.25) is 0 Å². The summed E-state index contributed by atoms with van der Waals surface area (Å²) >= 11 is 0.980. The van der Waals surface area contributed by atoms with Crippen LogP contribution in [0.15, 0.2) is 15.7 Å². The van der Waals surface area contributed by atoms with Gasteiger partial charge >= 0.3 is 6.18 Å². The van der Waals surface area contributed by atoms with E-state index in [2.05, 4.69) is 0 Å². The fraction of sp³-hybridized carbons (Fsp3) is 0.600. The second kappa shape index (κ2) is 4.95. The highest BCUT2D eigenvalue weighted by atomic mass is 32.2. The number of hydrogen-bond acceptors (Lipinski definition) is 4. The van der Waals surface area contributed by atoms with Gasteiger partial charge < -0.3 is 5.73 Å². The molecule has 1 aromatic rings. The molecule has 0 unspecified atom stereocenters. The molecule has 1 aromatic heterocycles. The van der Waals surface area contributed by atoms with Crippen molar-refractivity contribution >= 4 is 27.0 Å². The fourth-order valence-corrected chi connectivity index (χ4v) is 4.72. The van der Waals surface area contributed by atoms with E-state index in [1.165, 1.54) is 11.4 Å². The van der Waals surface area contributed by atoms with Crippen molar-refractivity contribution in [2.45, 2.75) is 23.2 Å². The van der Waals surface area contributed by atoms with Crippen LogP contribution in [0.1, 0.15) is 12.8 Å². The Labute approximate surface area is 113 Å². The molecule has 0 spiro atoms. The molecular weight excluding hydrogens is 301 g/mol. The highest BCUT2D eigenvalue weighted by Gasteiger charge is 2.43. The number of anilines is 1. The van der Waals surface area contributed by atoms with Gasteiger partial charge in [0.15, 0.2) is 0 Å². The molecule has 0 atom stereocenters. The summed E-state index contributed by atoms with van der Waals surface area (Å²) < 4.78 is 63.0. The van der Waals surface area contributed by atoms with E-state index >= 15 is 0 Å². The number of thiophene rings is 1. The first-order chi connectivity index (χ1) is 8.71. The van der Waals surface area contributed by atoms with Crippen LogP contribution >= 0.6 is 11.3 Å². The molecule has 1 aliphatic heterocycles. The molecule has 0 radical (unpaired) electrons. The number of rotatable bonds is 2. The van der Waals surface area contributed by atoms with Gasteiger partial charge in [-0.05, 0) is 18.9 Å². The van der Waals surface area contributed by atoms with E-state index in [4.69, 9.17) is 5.73 Å². The average molecular weight is 314 g/mol. The molecule has 4 nitrogen and oxygen atoms in total. The van der Waals surface area contributed by atoms with E-state index in [1.54, 1.807) is 0 Å². The summed E-state index contributed by atoms with van der Waals surface area (Å²) in [6.07, 6.45) is -4.63. The van der Waals surface area contributed by atoms with E-state index in [1.807, 2.05) is 0 Å². The van der Waals surface area contributed by atoms with Crippen molar-refractivity contribution in [3.05, 3.63) is 11.4 Å². The normalized spacial score (nSPS) is 19.7. The van der Waals surface area contributed by atoms with E-state index in [9.17, 15) is 21.6 Å². The lowest BCUT2D eigenvalue weighted by Crippen LogP contribution is -2.41. The summed E-state index contributed by atoms with van der Waals surface area (Å²) in [7, 11) is -3.71. The van der Waals surface area contributed by atoms with Crippen molar-refractivity contribution < 1.29 is 21.6 Å². The standard InChI is InChI=1S/C10H13F3N2O2S2/c11-10(12,13)7-1-3-15(4-2-7)19(16,17)9-5-8(14)6-18-9/h5-7H,1-4,14H2. The Kier molecular flexibility index (Phi) is 3.80. The van der Waals surface area contributed by atoms with E-state index < -0.39 is 22.1 Å². The first-order valence-electron chi connectivity index (χ1n) is 5.62. The number of halogens is 3. The van der Waals surface area contributed by atoms with Gasteiger partial charge in [0.2, 0.25) is 0 Å². The molecule has 1 fully saturated rings. The molecule has 108 valence electrons. The van der Waals surface area contributed by atoms with Crippen LogP contribution in [-0.4, -0.2) is 32.0 Å². The topological polar surface area (TPSA) is 63.4 Å². The smallest absolute Gasteiger partial charge is 0.391 e. The van der Waals surface area contributed by atoms with Crippen molar-refractivity contribution in [3.8, 4) is 0 Å². The van der Waals surface area contributed by atoms with Gasteiger partial charge in [-0.2, -0.15) is 17.5 Å². The number of nitrogen functional groups attached to an aromatic ring is 1. The third-order valence-corrected chi connectivity index (χ3v) is 6.44. The predicted molar refractivity (Wildman–Crippen MR) is 66.3 cm³/mol. The van der Waals surface area contributed by atoms with Gasteiger partial charge in [0.25, 0.3) is 10.0 Å². The molecule has 0 aromatic carbocycles. The lowest BCUT2D eigenvalue weighted by molar-refractivity contribution is -0.182. The molecule has 1 aliphatic rings. The maximum Gasteiger partial charge on any atom is 0.391 e. The minimum atomic E-state index is -4.25. The quantitative estimate of drug-likeness (QED) is 0.911. The molecule has 2 heterocycles. The molecule has 0 aliphatic carbocycles. The summed E-state index contributed by atoms with van der Waals surface area (Å²) in [5, 5.41) is 1.50. The second-order valence-corrected chi connectivity index (χ2v) is 7.50. The molecule has 0 bridgehead atoms. The predicted octanol–water partition coefficient (Wildman–Crippen LogP) is 2.29. The van der Waals surface area contributed by atoms with Gasteiger partial charge in [-0.1, -0.05) is 0 Å². The molecule has 9 heteroatoms. The Hall–Kier alpha value is -0.800. The van der Waals surface area contributed by atoms with Crippen molar-refractivity contribution in [2.24, 2.45) is 5.92 Å². The van der Waals surface area contributed by atoms with E-state index in [-0.39, 0.29) is 30.1 Å². The molecule has 0 saturated carbocycles. The van der Waals surface area contributed by atoms with Crippen molar-refractivity contribution in [1.82, 2.24) is 4.31 Å². The Morgan fingerprint density at radius 3 is 2.32 bits per heavy atom. The Bertz CT molecular complexity index is 545. The van der Waals surface area contributed by atoms with Crippen LogP contribution in [0, 0.1) is 5.92 Å². The molecule has 0 amide bonds. The largest absolute Gasteiger partial charge is 0.398 e. The lowest BCUT2D eigenvalue weighted by Gasteiger charge is -2.31. The van der Waals surface area contributed by atoms with Crippen molar-refractivity contribution in [2.75, 3.05) is 18.8 Å². The van der Waals surface area contributed by atoms with Crippen LogP contribution in [0.3, 0.4) is 0 Å². The van der Waals surface area contributed by atoms with Gasteiger partial charge in [0.1, 0.15) is 4.21 Å². The number of hydrogen-bond donors (Lipinski definition) is 1. The van der Waals surface area contributed by atoms with E-state index in [0.717, 1.165) is 15.6 Å². The SMILES string of the molecule is Nc1csc(S(=O)(=O)N2CCC(C(F)(F)F)CC2)c1. The van der Waals surface area contributed by atoms with Crippen LogP contribution < -0.4 is 5.73 Å². The zero-order chi connectivity index (χ0) is 14.3.